The van der Waals surface area contributed by atoms with Crippen LogP contribution in [-0.4, -0.2) is 43.5 Å². The van der Waals surface area contributed by atoms with Gasteiger partial charge >= 0.3 is 0 Å². The van der Waals surface area contributed by atoms with Crippen molar-refractivity contribution in [1.29, 1.82) is 0 Å². The Morgan fingerprint density at radius 3 is 2.50 bits per heavy atom. The van der Waals surface area contributed by atoms with Gasteiger partial charge in [0.05, 0.1) is 11.6 Å². The van der Waals surface area contributed by atoms with Gasteiger partial charge < -0.3 is 16.0 Å². The molecule has 0 fully saturated rings. The molecular formula is C18H26IN5OS. The zero-order valence-corrected chi connectivity index (χ0v) is 18.3. The van der Waals surface area contributed by atoms with Gasteiger partial charge in [0.2, 0.25) is 5.91 Å². The second-order valence-corrected chi connectivity index (χ2v) is 6.87. The number of benzene rings is 1. The van der Waals surface area contributed by atoms with Crippen LogP contribution in [0.1, 0.15) is 15.4 Å². The summed E-state index contributed by atoms with van der Waals surface area (Å²) in [6.45, 7) is 3.60. The number of aryl methyl sites for hydroxylation is 1. The highest BCUT2D eigenvalue weighted by Gasteiger charge is 2.04. The van der Waals surface area contributed by atoms with Crippen LogP contribution in [0.2, 0.25) is 0 Å². The van der Waals surface area contributed by atoms with E-state index < -0.39 is 0 Å². The smallest absolute Gasteiger partial charge is 0.239 e. The highest BCUT2D eigenvalue weighted by Crippen LogP contribution is 2.10. The predicted octanol–water partition coefficient (Wildman–Crippen LogP) is 2.14. The van der Waals surface area contributed by atoms with E-state index in [0.717, 1.165) is 24.4 Å². The van der Waals surface area contributed by atoms with Crippen LogP contribution in [0.25, 0.3) is 0 Å². The van der Waals surface area contributed by atoms with Gasteiger partial charge in [-0.3, -0.25) is 9.79 Å². The third-order valence-corrected chi connectivity index (χ3v) is 4.49. The van der Waals surface area contributed by atoms with Gasteiger partial charge in [-0.25, -0.2) is 4.98 Å². The van der Waals surface area contributed by atoms with Gasteiger partial charge in [-0.05, 0) is 18.9 Å². The van der Waals surface area contributed by atoms with E-state index in [4.69, 9.17) is 0 Å². The van der Waals surface area contributed by atoms with Crippen molar-refractivity contribution < 1.29 is 4.79 Å². The SMILES string of the molecule is CN=C(NCCc1ncc(C)s1)NCC(=O)NCCc1ccccc1.I. The fourth-order valence-corrected chi connectivity index (χ4v) is 3.03. The predicted molar refractivity (Wildman–Crippen MR) is 118 cm³/mol. The average molecular weight is 487 g/mol. The van der Waals surface area contributed by atoms with Gasteiger partial charge in [0.25, 0.3) is 0 Å². The van der Waals surface area contributed by atoms with E-state index in [1.165, 1.54) is 10.4 Å². The van der Waals surface area contributed by atoms with E-state index in [9.17, 15) is 4.79 Å². The molecule has 2 aromatic rings. The first-order valence-corrected chi connectivity index (χ1v) is 9.15. The second-order valence-electron chi connectivity index (χ2n) is 5.55. The third-order valence-electron chi connectivity index (χ3n) is 3.52. The summed E-state index contributed by atoms with van der Waals surface area (Å²) in [4.78, 5) is 21.5. The molecule has 2 rings (SSSR count). The maximum Gasteiger partial charge on any atom is 0.239 e. The molecule has 0 aliphatic rings. The molecule has 0 radical (unpaired) electrons. The number of amides is 1. The molecule has 6 nitrogen and oxygen atoms in total. The van der Waals surface area contributed by atoms with E-state index in [1.54, 1.807) is 18.4 Å². The number of hydrogen-bond donors (Lipinski definition) is 3. The van der Waals surface area contributed by atoms with Crippen LogP contribution in [0.15, 0.2) is 41.5 Å². The molecule has 0 spiro atoms. The number of nitrogens with one attached hydrogen (secondary N) is 3. The number of hydrogen-bond acceptors (Lipinski definition) is 4. The second kappa shape index (κ2) is 12.6. The normalized spacial score (nSPS) is 10.8. The highest BCUT2D eigenvalue weighted by molar-refractivity contribution is 14.0. The van der Waals surface area contributed by atoms with Crippen molar-refractivity contribution in [2.75, 3.05) is 26.7 Å². The number of aromatic nitrogens is 1. The van der Waals surface area contributed by atoms with Crippen molar-refractivity contribution in [1.82, 2.24) is 20.9 Å². The van der Waals surface area contributed by atoms with Crippen molar-refractivity contribution >= 4 is 47.2 Å². The van der Waals surface area contributed by atoms with Crippen molar-refractivity contribution in [3.8, 4) is 0 Å². The number of carbonyl (C=O) groups excluding carboxylic acids is 1. The number of thiazole rings is 1. The van der Waals surface area contributed by atoms with Gasteiger partial charge in [0.1, 0.15) is 0 Å². The van der Waals surface area contributed by atoms with E-state index in [0.29, 0.717) is 12.5 Å². The van der Waals surface area contributed by atoms with Crippen molar-refractivity contribution in [2.24, 2.45) is 4.99 Å². The molecule has 0 bridgehead atoms. The average Bonchev–Trinajstić information content (AvgIpc) is 3.04. The molecule has 0 aliphatic heterocycles. The Balaban J connectivity index is 0.00000338. The summed E-state index contributed by atoms with van der Waals surface area (Å²) in [7, 11) is 1.69. The first-order chi connectivity index (χ1) is 12.2. The lowest BCUT2D eigenvalue weighted by Crippen LogP contribution is -2.44. The number of guanidine groups is 1. The Labute approximate surface area is 175 Å². The van der Waals surface area contributed by atoms with Crippen LogP contribution in [-0.2, 0) is 17.6 Å². The first-order valence-electron chi connectivity index (χ1n) is 8.34. The van der Waals surface area contributed by atoms with Crippen LogP contribution >= 0.6 is 35.3 Å². The Bertz CT molecular complexity index is 690. The van der Waals surface area contributed by atoms with Crippen molar-refractivity contribution in [3.05, 3.63) is 52.0 Å². The molecule has 26 heavy (non-hydrogen) atoms. The van der Waals surface area contributed by atoms with Crippen LogP contribution < -0.4 is 16.0 Å². The number of nitrogens with zero attached hydrogens (tertiary/aromatic N) is 2. The molecule has 0 saturated carbocycles. The van der Waals surface area contributed by atoms with Crippen LogP contribution in [0.5, 0.6) is 0 Å². The lowest BCUT2D eigenvalue weighted by Gasteiger charge is -2.11. The van der Waals surface area contributed by atoms with Gasteiger partial charge in [-0.15, -0.1) is 35.3 Å². The van der Waals surface area contributed by atoms with E-state index in [2.05, 4.69) is 38.1 Å². The number of halogens is 1. The molecule has 3 N–H and O–H groups in total. The summed E-state index contributed by atoms with van der Waals surface area (Å²) in [6, 6.07) is 10.1. The van der Waals surface area contributed by atoms with Gasteiger partial charge in [-0.1, -0.05) is 30.3 Å². The number of aliphatic imine (C=N–C) groups is 1. The summed E-state index contributed by atoms with van der Waals surface area (Å²) >= 11 is 1.70. The molecule has 0 unspecified atom stereocenters. The molecule has 0 aliphatic carbocycles. The lowest BCUT2D eigenvalue weighted by atomic mass is 10.1. The molecule has 0 saturated heterocycles. The number of rotatable bonds is 8. The molecule has 142 valence electrons. The zero-order valence-electron chi connectivity index (χ0n) is 15.1. The maximum absolute atomic E-state index is 11.9. The topological polar surface area (TPSA) is 78.4 Å². The van der Waals surface area contributed by atoms with Gasteiger partial charge in [0.15, 0.2) is 5.96 Å². The first kappa shape index (κ1) is 22.4. The minimum atomic E-state index is -0.0468. The summed E-state index contributed by atoms with van der Waals surface area (Å²) < 4.78 is 0. The van der Waals surface area contributed by atoms with Gasteiger partial charge in [0, 0.05) is 37.6 Å². The molecule has 0 atom stereocenters. The fourth-order valence-electron chi connectivity index (χ4n) is 2.24. The Morgan fingerprint density at radius 1 is 1.12 bits per heavy atom. The van der Waals surface area contributed by atoms with Crippen molar-refractivity contribution in [2.45, 2.75) is 19.8 Å². The summed E-state index contributed by atoms with van der Waals surface area (Å²) in [5.74, 6) is 0.570. The largest absolute Gasteiger partial charge is 0.356 e. The minimum Gasteiger partial charge on any atom is -0.356 e. The van der Waals surface area contributed by atoms with Crippen molar-refractivity contribution in [3.63, 3.8) is 0 Å². The fraction of sp³-hybridized carbons (Fsp3) is 0.389. The molecular weight excluding hydrogens is 461 g/mol. The zero-order chi connectivity index (χ0) is 17.9. The molecule has 1 amide bonds. The van der Waals surface area contributed by atoms with E-state index >= 15 is 0 Å². The highest BCUT2D eigenvalue weighted by atomic mass is 127. The molecule has 1 aromatic heterocycles. The molecule has 1 heterocycles. The monoisotopic (exact) mass is 487 g/mol. The Morgan fingerprint density at radius 2 is 1.85 bits per heavy atom. The lowest BCUT2D eigenvalue weighted by molar-refractivity contribution is -0.119. The van der Waals surface area contributed by atoms with Crippen LogP contribution in [0.4, 0.5) is 0 Å². The standard InChI is InChI=1S/C18H25N5OS.HI/c1-14-12-22-17(25-14)9-11-21-18(19-2)23-13-16(24)20-10-8-15-6-4-3-5-7-15;/h3-7,12H,8-11,13H2,1-2H3,(H,20,24)(H2,19,21,23);1H. The van der Waals surface area contributed by atoms with Crippen LogP contribution in [0.3, 0.4) is 0 Å². The molecule has 8 heteroatoms. The van der Waals surface area contributed by atoms with E-state index in [-0.39, 0.29) is 36.4 Å². The van der Waals surface area contributed by atoms with Gasteiger partial charge in [-0.2, -0.15) is 0 Å². The summed E-state index contributed by atoms with van der Waals surface area (Å²) in [5.41, 5.74) is 1.21. The minimum absolute atomic E-state index is 0. The Hall–Kier alpha value is -1.68. The van der Waals surface area contributed by atoms with E-state index in [1.807, 2.05) is 31.3 Å². The quantitative estimate of drug-likeness (QED) is 0.303. The maximum atomic E-state index is 11.9. The molecule has 1 aromatic carbocycles. The Kier molecular flexibility index (Phi) is 10.9. The number of carbonyl (C=O) groups is 1. The van der Waals surface area contributed by atoms with Crippen LogP contribution in [0, 0.1) is 6.92 Å². The summed E-state index contributed by atoms with van der Waals surface area (Å²) in [6.07, 6.45) is 3.54. The third kappa shape index (κ3) is 8.61. The summed E-state index contributed by atoms with van der Waals surface area (Å²) in [5, 5.41) is 10.2.